The summed E-state index contributed by atoms with van der Waals surface area (Å²) in [5, 5.41) is 3.82. The van der Waals surface area contributed by atoms with Crippen molar-refractivity contribution >= 4 is 45.5 Å². The average Bonchev–Trinajstić information content (AvgIpc) is 3.09. The summed E-state index contributed by atoms with van der Waals surface area (Å²) >= 11 is 0. The van der Waals surface area contributed by atoms with E-state index in [1.807, 2.05) is 0 Å². The number of hydrogen-bond acceptors (Lipinski definition) is 3. The van der Waals surface area contributed by atoms with Gasteiger partial charge in [-0.1, -0.05) is 114 Å². The zero-order valence-electron chi connectivity index (χ0n) is 28.6. The van der Waals surface area contributed by atoms with Crippen LogP contribution in [0.5, 0.6) is 0 Å². The van der Waals surface area contributed by atoms with Crippen molar-refractivity contribution < 1.29 is 0 Å². The van der Waals surface area contributed by atoms with Gasteiger partial charge in [0.25, 0.3) is 0 Å². The molecule has 0 fully saturated rings. The molecule has 0 bridgehead atoms. The SMILES string of the molecule is CC1(C)c2cc(N3c4ccccc4C(C)(C)c4ccccc43)ccc2Nc2ccc(N3c4ccccc4C(C)(C)c4ccccc43)cc21. The Hall–Kier alpha value is -5.28. The third-order valence-corrected chi connectivity index (χ3v) is 11.4. The number of para-hydroxylation sites is 4. The molecule has 3 aliphatic rings. The second-order valence-electron chi connectivity index (χ2n) is 15.2. The first kappa shape index (κ1) is 28.9. The highest BCUT2D eigenvalue weighted by molar-refractivity contribution is 5.90. The fourth-order valence-corrected chi connectivity index (χ4v) is 8.78. The normalized spacial score (nSPS) is 17.1. The fourth-order valence-electron chi connectivity index (χ4n) is 8.78. The number of benzene rings is 6. The molecule has 0 amide bonds. The average molecular weight is 624 g/mol. The van der Waals surface area contributed by atoms with Gasteiger partial charge in [0.2, 0.25) is 0 Å². The molecule has 0 saturated heterocycles. The van der Waals surface area contributed by atoms with Crippen LogP contribution in [0.4, 0.5) is 45.5 Å². The summed E-state index contributed by atoms with van der Waals surface area (Å²) in [6.45, 7) is 14.1. The Morgan fingerprint density at radius 1 is 0.354 bits per heavy atom. The largest absolute Gasteiger partial charge is 0.355 e. The highest BCUT2D eigenvalue weighted by Crippen LogP contribution is 2.56. The van der Waals surface area contributed by atoms with Gasteiger partial charge in [-0.3, -0.25) is 0 Å². The lowest BCUT2D eigenvalue weighted by molar-refractivity contribution is 0.629. The van der Waals surface area contributed by atoms with Gasteiger partial charge < -0.3 is 15.1 Å². The van der Waals surface area contributed by atoms with Crippen LogP contribution in [-0.2, 0) is 16.2 Å². The maximum atomic E-state index is 3.82. The Kier molecular flexibility index (Phi) is 5.94. The Bertz CT molecular complexity index is 2020. The van der Waals surface area contributed by atoms with Gasteiger partial charge >= 0.3 is 0 Å². The van der Waals surface area contributed by atoms with Crippen molar-refractivity contribution in [2.24, 2.45) is 0 Å². The molecular weight excluding hydrogens is 583 g/mol. The molecular formula is C45H41N3. The van der Waals surface area contributed by atoms with E-state index in [4.69, 9.17) is 0 Å². The Labute approximate surface area is 284 Å². The van der Waals surface area contributed by atoms with E-state index in [-0.39, 0.29) is 16.2 Å². The zero-order chi connectivity index (χ0) is 33.0. The molecule has 0 radical (unpaired) electrons. The molecule has 236 valence electrons. The molecule has 3 heterocycles. The van der Waals surface area contributed by atoms with Crippen LogP contribution in [0, 0.1) is 0 Å². The fraction of sp³-hybridized carbons (Fsp3) is 0.200. The Morgan fingerprint density at radius 2 is 0.646 bits per heavy atom. The Morgan fingerprint density at radius 3 is 0.979 bits per heavy atom. The van der Waals surface area contributed by atoms with Crippen molar-refractivity contribution in [3.8, 4) is 0 Å². The standard InChI is InChI=1S/C45H41N3/c1-43(2)31-15-7-11-19-39(31)47(40-20-12-8-16-32(40)43)29-23-25-37-35(27-29)45(5,6)36-28-30(24-26-38(36)46-37)48-41-21-13-9-17-33(41)44(3,4)34-18-10-14-22-42(34)48/h7-28,46H,1-6H3. The molecule has 6 aromatic rings. The van der Waals surface area contributed by atoms with Crippen molar-refractivity contribution in [2.45, 2.75) is 57.8 Å². The minimum absolute atomic E-state index is 0.0883. The molecule has 3 aliphatic heterocycles. The molecule has 0 unspecified atom stereocenters. The number of rotatable bonds is 2. The molecule has 1 N–H and O–H groups in total. The van der Waals surface area contributed by atoms with Gasteiger partial charge in [-0.25, -0.2) is 0 Å². The molecule has 48 heavy (non-hydrogen) atoms. The second kappa shape index (κ2) is 9.87. The zero-order valence-corrected chi connectivity index (χ0v) is 28.6. The van der Waals surface area contributed by atoms with Gasteiger partial charge in [-0.15, -0.1) is 0 Å². The van der Waals surface area contributed by atoms with Crippen LogP contribution < -0.4 is 15.1 Å². The molecule has 0 aromatic heterocycles. The van der Waals surface area contributed by atoms with E-state index in [1.165, 1.54) is 78.9 Å². The first-order valence-corrected chi connectivity index (χ1v) is 17.1. The van der Waals surface area contributed by atoms with Gasteiger partial charge in [0.15, 0.2) is 0 Å². The van der Waals surface area contributed by atoms with E-state index >= 15 is 0 Å². The van der Waals surface area contributed by atoms with Crippen molar-refractivity contribution in [3.63, 3.8) is 0 Å². The third-order valence-electron chi connectivity index (χ3n) is 11.4. The molecule has 3 heteroatoms. The van der Waals surface area contributed by atoms with Crippen LogP contribution in [0.3, 0.4) is 0 Å². The summed E-state index contributed by atoms with van der Waals surface area (Å²) in [6, 6.07) is 49.5. The van der Waals surface area contributed by atoms with E-state index in [2.05, 4.69) is 190 Å². The molecule has 0 saturated carbocycles. The van der Waals surface area contributed by atoms with E-state index in [0.29, 0.717) is 0 Å². The first-order valence-electron chi connectivity index (χ1n) is 17.1. The summed E-state index contributed by atoms with van der Waals surface area (Å²) in [5.74, 6) is 0. The highest BCUT2D eigenvalue weighted by Gasteiger charge is 2.40. The number of fused-ring (bicyclic) bond motifs is 6. The Balaban J connectivity index is 1.18. The van der Waals surface area contributed by atoms with E-state index < -0.39 is 0 Å². The van der Waals surface area contributed by atoms with Gasteiger partial charge in [-0.2, -0.15) is 0 Å². The molecule has 0 aliphatic carbocycles. The number of anilines is 8. The summed E-state index contributed by atoms with van der Waals surface area (Å²) in [5.41, 5.74) is 17.2. The van der Waals surface area contributed by atoms with Crippen LogP contribution in [0.25, 0.3) is 0 Å². The molecule has 6 aromatic carbocycles. The summed E-state index contributed by atoms with van der Waals surface area (Å²) in [6.07, 6.45) is 0. The van der Waals surface area contributed by atoms with Crippen molar-refractivity contribution in [3.05, 3.63) is 167 Å². The van der Waals surface area contributed by atoms with Crippen LogP contribution in [0.1, 0.15) is 74.9 Å². The van der Waals surface area contributed by atoms with E-state index in [9.17, 15) is 0 Å². The highest BCUT2D eigenvalue weighted by atomic mass is 15.2. The van der Waals surface area contributed by atoms with Crippen molar-refractivity contribution in [2.75, 3.05) is 15.1 Å². The molecule has 0 spiro atoms. The van der Waals surface area contributed by atoms with E-state index in [1.54, 1.807) is 0 Å². The monoisotopic (exact) mass is 623 g/mol. The molecule has 3 nitrogen and oxygen atoms in total. The first-order chi connectivity index (χ1) is 23.1. The maximum Gasteiger partial charge on any atom is 0.0502 e. The topological polar surface area (TPSA) is 18.5 Å². The minimum Gasteiger partial charge on any atom is -0.355 e. The predicted octanol–water partition coefficient (Wildman–Crippen LogP) is 12.3. The smallest absolute Gasteiger partial charge is 0.0502 e. The lowest BCUT2D eigenvalue weighted by atomic mass is 9.72. The summed E-state index contributed by atoms with van der Waals surface area (Å²) in [4.78, 5) is 4.92. The summed E-state index contributed by atoms with van der Waals surface area (Å²) in [7, 11) is 0. The maximum absolute atomic E-state index is 3.82. The number of nitrogens with one attached hydrogen (secondary N) is 1. The quantitative estimate of drug-likeness (QED) is 0.207. The van der Waals surface area contributed by atoms with E-state index in [0.717, 1.165) is 0 Å². The van der Waals surface area contributed by atoms with Crippen LogP contribution >= 0.6 is 0 Å². The lowest BCUT2D eigenvalue weighted by Crippen LogP contribution is -2.32. The van der Waals surface area contributed by atoms with Crippen molar-refractivity contribution in [1.29, 1.82) is 0 Å². The predicted molar refractivity (Wildman–Crippen MR) is 202 cm³/mol. The minimum atomic E-state index is -0.246. The van der Waals surface area contributed by atoms with Crippen LogP contribution in [0.15, 0.2) is 133 Å². The van der Waals surface area contributed by atoms with Crippen molar-refractivity contribution in [1.82, 2.24) is 0 Å². The number of hydrogen-bond donors (Lipinski definition) is 1. The molecule has 9 rings (SSSR count). The third kappa shape index (κ3) is 3.88. The van der Waals surface area contributed by atoms with Crippen LogP contribution in [-0.4, -0.2) is 0 Å². The van der Waals surface area contributed by atoms with Gasteiger partial charge in [0.1, 0.15) is 0 Å². The summed E-state index contributed by atoms with van der Waals surface area (Å²) < 4.78 is 0. The number of nitrogens with zero attached hydrogens (tertiary/aromatic N) is 2. The second-order valence-corrected chi connectivity index (χ2v) is 15.2. The van der Waals surface area contributed by atoms with Gasteiger partial charge in [0.05, 0.1) is 22.7 Å². The van der Waals surface area contributed by atoms with Gasteiger partial charge in [-0.05, 0) is 94.0 Å². The lowest BCUT2D eigenvalue weighted by Gasteiger charge is -2.43. The van der Waals surface area contributed by atoms with Crippen LogP contribution in [0.2, 0.25) is 0 Å². The molecule has 0 atom stereocenters. The van der Waals surface area contributed by atoms with Gasteiger partial charge in [0, 0.05) is 39.0 Å².